The van der Waals surface area contributed by atoms with Gasteiger partial charge in [-0.2, -0.15) is 20.5 Å². The molecule has 366 valence electrons. The van der Waals surface area contributed by atoms with Gasteiger partial charge in [-0.05, 0) is 121 Å². The third-order valence-corrected chi connectivity index (χ3v) is 12.6. The lowest BCUT2D eigenvalue weighted by atomic mass is 9.99. The lowest BCUT2D eigenvalue weighted by Crippen LogP contribution is -2.11. The van der Waals surface area contributed by atoms with Gasteiger partial charge in [0.15, 0.2) is 0 Å². The molecule has 0 saturated heterocycles. The second-order valence-corrected chi connectivity index (χ2v) is 18.6. The minimum absolute atomic E-state index is 0.0820. The van der Waals surface area contributed by atoms with E-state index in [0.29, 0.717) is 70.0 Å². The van der Waals surface area contributed by atoms with Crippen LogP contribution in [0.15, 0.2) is 191 Å². The van der Waals surface area contributed by atoms with Crippen LogP contribution in [-0.4, -0.2) is 42.3 Å². The summed E-state index contributed by atoms with van der Waals surface area (Å²) in [5.41, 5.74) is 5.57. The zero-order chi connectivity index (χ0) is 51.1. The highest BCUT2D eigenvalue weighted by molar-refractivity contribution is 7.33. The highest BCUT2D eigenvalue weighted by Gasteiger charge is 2.20. The van der Waals surface area contributed by atoms with Crippen molar-refractivity contribution < 1.29 is 32.1 Å². The van der Waals surface area contributed by atoms with E-state index >= 15 is 0 Å². The van der Waals surface area contributed by atoms with Crippen molar-refractivity contribution >= 4 is 29.8 Å². The van der Waals surface area contributed by atoms with E-state index in [2.05, 4.69) is 22.5 Å². The first-order chi connectivity index (χ1) is 36.1. The molecule has 0 atom stereocenters. The second kappa shape index (κ2) is 21.5. The van der Waals surface area contributed by atoms with Gasteiger partial charge in [0.1, 0.15) is 35.2 Å². The summed E-state index contributed by atoms with van der Waals surface area (Å²) in [7, 11) is -3.10. The van der Waals surface area contributed by atoms with Gasteiger partial charge in [0.05, 0.1) is 23.3 Å². The lowest BCUT2D eigenvalue weighted by molar-refractivity contribution is 0.241. The highest BCUT2D eigenvalue weighted by Crippen LogP contribution is 2.37. The molecule has 0 radical (unpaired) electrons. The summed E-state index contributed by atoms with van der Waals surface area (Å²) in [6, 6.07) is 38.8. The van der Waals surface area contributed by atoms with Crippen LogP contribution in [0.25, 0.3) is 67.2 Å². The summed E-state index contributed by atoms with van der Waals surface area (Å²) in [4.78, 5) is 13.3. The number of allylic oxidation sites excluding steroid dienone is 6. The van der Waals surface area contributed by atoms with Crippen molar-refractivity contribution in [3.05, 3.63) is 204 Å². The van der Waals surface area contributed by atoms with Gasteiger partial charge in [-0.15, -0.1) is 0 Å². The molecule has 0 spiro atoms. The molecule has 0 fully saturated rings. The summed E-state index contributed by atoms with van der Waals surface area (Å²) < 4.78 is 48.5. The number of rotatable bonds is 16. The van der Waals surface area contributed by atoms with E-state index in [9.17, 15) is 15.1 Å². The van der Waals surface area contributed by atoms with Crippen molar-refractivity contribution in [3.8, 4) is 69.3 Å². The maximum Gasteiger partial charge on any atom is 0.419 e. The van der Waals surface area contributed by atoms with Crippen LogP contribution in [0, 0.1) is 22.7 Å². The van der Waals surface area contributed by atoms with Crippen LogP contribution in [0.2, 0.25) is 0 Å². The Hall–Kier alpha value is -9.43. The highest BCUT2D eigenvalue weighted by atomic mass is 31.1. The van der Waals surface area contributed by atoms with E-state index in [-0.39, 0.29) is 24.0 Å². The predicted octanol–water partition coefficient (Wildman–Crippen LogP) is 13.3. The molecule has 2 aromatic heterocycles. The molecule has 8 aromatic rings. The average molecular weight is 999 g/mol. The normalized spacial score (nSPS) is 13.3. The molecule has 0 bridgehead atoms. The SMILES string of the molecule is CC(C)Oc1ccc(-c2nc(-c3ccc(CN4C=CC=CC(O[PH](=O)OC5=CN(Cc6ccc(-c7noc(-c8ccc(OC(C)C)c(C#N)c8)n7)c7ccccc67)C=CC=C5)=C4)c4ccccc34)no2)cc1C#N. The molecule has 0 amide bonds. The molecule has 0 unspecified atom stereocenters. The Balaban J connectivity index is 0.813. The molecular weight excluding hydrogens is 952 g/mol. The van der Waals surface area contributed by atoms with Crippen LogP contribution in [0.1, 0.15) is 49.9 Å². The van der Waals surface area contributed by atoms with Crippen LogP contribution in [-0.2, 0) is 26.7 Å². The largest absolute Gasteiger partial charge is 0.490 e. The van der Waals surface area contributed by atoms with Crippen LogP contribution < -0.4 is 9.47 Å². The molecule has 10 rings (SSSR count). The Morgan fingerprint density at radius 1 is 0.568 bits per heavy atom. The summed E-state index contributed by atoms with van der Waals surface area (Å²) in [6.45, 7) is 8.54. The van der Waals surface area contributed by atoms with Crippen molar-refractivity contribution in [2.24, 2.45) is 0 Å². The van der Waals surface area contributed by atoms with E-state index in [1.54, 1.807) is 61.0 Å². The van der Waals surface area contributed by atoms with Crippen molar-refractivity contribution in [2.75, 3.05) is 0 Å². The summed E-state index contributed by atoms with van der Waals surface area (Å²) in [5.74, 6) is 3.10. The fraction of sp³-hybridized carbons (Fsp3) is 0.138. The number of fused-ring (bicyclic) bond motifs is 2. The molecule has 0 saturated carbocycles. The molecule has 0 aliphatic carbocycles. The summed E-state index contributed by atoms with van der Waals surface area (Å²) in [6.07, 6.45) is 18.1. The van der Waals surface area contributed by atoms with Gasteiger partial charge in [-0.1, -0.05) is 95.3 Å². The topological polar surface area (TPSA) is 186 Å². The standard InChI is InChI=1S/C58H47N8O7P/c1-37(2)68-53-25-21-39(29-43(53)31-59)57-61-55(63-70-57)51-23-19-41(47-15-5-7-17-49(47)51)33-65-27-11-9-13-45(35-65)72-74(67)73-46-14-10-12-28-66(36-46)34-42-20-24-52(50-18-8-6-16-48(42)50)56-62-58(71-64-56)40-22-26-54(69-38(3)4)44(30-40)32-60/h5-30,35-38,74H,33-34H2,1-4H3. The first-order valence-corrected chi connectivity index (χ1v) is 25.0. The third kappa shape index (κ3) is 10.7. The van der Waals surface area contributed by atoms with Gasteiger partial charge in [-0.25, -0.2) is 4.57 Å². The maximum atomic E-state index is 13.6. The number of benzene rings is 6. The molecule has 2 aliphatic heterocycles. The maximum absolute atomic E-state index is 13.6. The van der Waals surface area contributed by atoms with Gasteiger partial charge >= 0.3 is 8.25 Å². The first kappa shape index (κ1) is 48.2. The number of ether oxygens (including phenoxy) is 2. The minimum atomic E-state index is -3.10. The number of aromatic nitrogens is 4. The van der Waals surface area contributed by atoms with Crippen LogP contribution in [0.4, 0.5) is 0 Å². The lowest BCUT2D eigenvalue weighted by Gasteiger charge is -2.19. The Kier molecular flexibility index (Phi) is 14.0. The monoisotopic (exact) mass is 998 g/mol. The number of hydrogen-bond donors (Lipinski definition) is 0. The van der Waals surface area contributed by atoms with Crippen molar-refractivity contribution in [3.63, 3.8) is 0 Å². The quantitative estimate of drug-likeness (QED) is 0.0832. The summed E-state index contributed by atoms with van der Waals surface area (Å²) in [5, 5.41) is 32.0. The Morgan fingerprint density at radius 2 is 1.00 bits per heavy atom. The fourth-order valence-electron chi connectivity index (χ4n) is 8.55. The van der Waals surface area contributed by atoms with Gasteiger partial charge in [0, 0.05) is 60.1 Å². The molecule has 15 nitrogen and oxygen atoms in total. The van der Waals surface area contributed by atoms with E-state index < -0.39 is 8.25 Å². The molecule has 4 heterocycles. The van der Waals surface area contributed by atoms with E-state index in [4.69, 9.17) is 37.5 Å². The zero-order valence-corrected chi connectivity index (χ0v) is 41.7. The van der Waals surface area contributed by atoms with Crippen molar-refractivity contribution in [1.29, 1.82) is 10.5 Å². The second-order valence-electron chi connectivity index (χ2n) is 17.7. The van der Waals surface area contributed by atoms with Gasteiger partial charge in [0.25, 0.3) is 11.8 Å². The Bertz CT molecular complexity index is 3500. The van der Waals surface area contributed by atoms with Crippen LogP contribution >= 0.6 is 8.25 Å². The van der Waals surface area contributed by atoms with Crippen LogP contribution in [0.5, 0.6) is 11.5 Å². The minimum Gasteiger partial charge on any atom is -0.490 e. The Labute approximate surface area is 427 Å². The van der Waals surface area contributed by atoms with E-state index in [0.717, 1.165) is 43.8 Å². The zero-order valence-electron chi connectivity index (χ0n) is 40.7. The number of nitrogens with zero attached hydrogens (tertiary/aromatic N) is 8. The van der Waals surface area contributed by atoms with Crippen molar-refractivity contribution in [1.82, 2.24) is 30.1 Å². The third-order valence-electron chi connectivity index (χ3n) is 11.8. The van der Waals surface area contributed by atoms with Crippen molar-refractivity contribution in [2.45, 2.75) is 53.0 Å². The predicted molar refractivity (Wildman–Crippen MR) is 281 cm³/mol. The van der Waals surface area contributed by atoms with E-state index in [1.165, 1.54) is 0 Å². The summed E-state index contributed by atoms with van der Waals surface area (Å²) >= 11 is 0. The van der Waals surface area contributed by atoms with Crippen LogP contribution in [0.3, 0.4) is 0 Å². The molecule has 2 aliphatic rings. The van der Waals surface area contributed by atoms with E-state index in [1.807, 2.05) is 147 Å². The molecule has 6 aromatic carbocycles. The average Bonchev–Trinajstić information content (AvgIpc) is 3.99. The number of hydrogen-bond acceptors (Lipinski definition) is 15. The molecule has 16 heteroatoms. The molecular formula is C58H47N8O7P. The van der Waals surface area contributed by atoms with Gasteiger partial charge < -0.3 is 37.4 Å². The number of nitriles is 2. The smallest absolute Gasteiger partial charge is 0.419 e. The first-order valence-electron chi connectivity index (χ1n) is 23.8. The van der Waals surface area contributed by atoms with Gasteiger partial charge in [-0.3, -0.25) is 0 Å². The van der Waals surface area contributed by atoms with Gasteiger partial charge in [0.2, 0.25) is 11.6 Å². The molecule has 0 N–H and O–H groups in total. The molecule has 74 heavy (non-hydrogen) atoms. The Morgan fingerprint density at radius 3 is 1.42 bits per heavy atom. The fourth-order valence-corrected chi connectivity index (χ4v) is 9.22.